The number of nitrogens with one attached hydrogen (secondary N) is 1. The van der Waals surface area contributed by atoms with Crippen molar-refractivity contribution in [3.8, 4) is 0 Å². The number of carboxylic acids is 1. The van der Waals surface area contributed by atoms with E-state index in [1.807, 2.05) is 24.3 Å². The van der Waals surface area contributed by atoms with E-state index < -0.39 is 5.97 Å². The zero-order valence-corrected chi connectivity index (χ0v) is 11.0. The number of nitrogens with zero attached hydrogens (tertiary/aromatic N) is 2. The average molecular weight is 273 g/mol. The van der Waals surface area contributed by atoms with Gasteiger partial charge in [0.15, 0.2) is 5.69 Å². The Balaban J connectivity index is 2.21. The van der Waals surface area contributed by atoms with Crippen molar-refractivity contribution in [3.63, 3.8) is 0 Å². The molecule has 2 N–H and O–H groups in total. The number of aromatic carboxylic acids is 1. The predicted molar refractivity (Wildman–Crippen MR) is 74.3 cm³/mol. The van der Waals surface area contributed by atoms with Gasteiger partial charge in [-0.2, -0.15) is 0 Å². The Hall–Kier alpha value is -2.47. The highest BCUT2D eigenvalue weighted by Gasteiger charge is 2.07. The number of hydrogen-bond donors (Lipinski definition) is 2. The number of hydrogen-bond acceptors (Lipinski definition) is 5. The van der Waals surface area contributed by atoms with E-state index in [-0.39, 0.29) is 5.69 Å². The number of aromatic nitrogens is 2. The van der Waals surface area contributed by atoms with Gasteiger partial charge in [0.1, 0.15) is 5.82 Å². The molecular weight excluding hydrogens is 258 g/mol. The van der Waals surface area contributed by atoms with Gasteiger partial charge >= 0.3 is 5.97 Å². The maximum atomic E-state index is 10.9. The number of rotatable bonds is 6. The summed E-state index contributed by atoms with van der Waals surface area (Å²) in [7, 11) is 1.65. The minimum Gasteiger partial charge on any atom is -0.476 e. The molecule has 2 rings (SSSR count). The summed E-state index contributed by atoms with van der Waals surface area (Å²) >= 11 is 0. The SMILES string of the molecule is COCCc1ccccc1Nc1cncc(C(=O)O)n1. The summed E-state index contributed by atoms with van der Waals surface area (Å²) < 4.78 is 5.07. The van der Waals surface area contributed by atoms with Crippen LogP contribution in [0.1, 0.15) is 16.1 Å². The lowest BCUT2D eigenvalue weighted by Gasteiger charge is -2.11. The van der Waals surface area contributed by atoms with E-state index in [1.54, 1.807) is 7.11 Å². The van der Waals surface area contributed by atoms with Crippen LogP contribution in [0.5, 0.6) is 0 Å². The van der Waals surface area contributed by atoms with E-state index in [2.05, 4.69) is 15.3 Å². The first kappa shape index (κ1) is 14.0. The second kappa shape index (κ2) is 6.63. The molecule has 0 saturated heterocycles. The smallest absolute Gasteiger partial charge is 0.356 e. The van der Waals surface area contributed by atoms with Gasteiger partial charge in [0.05, 0.1) is 19.0 Å². The maximum Gasteiger partial charge on any atom is 0.356 e. The number of benzene rings is 1. The summed E-state index contributed by atoms with van der Waals surface area (Å²) in [6.45, 7) is 0.611. The van der Waals surface area contributed by atoms with Crippen molar-refractivity contribution < 1.29 is 14.6 Å². The second-order valence-electron chi connectivity index (χ2n) is 4.12. The van der Waals surface area contributed by atoms with Gasteiger partial charge in [-0.1, -0.05) is 18.2 Å². The van der Waals surface area contributed by atoms with Crippen LogP contribution in [-0.2, 0) is 11.2 Å². The largest absolute Gasteiger partial charge is 0.476 e. The molecule has 1 aromatic carbocycles. The van der Waals surface area contributed by atoms with Gasteiger partial charge in [-0.05, 0) is 18.1 Å². The van der Waals surface area contributed by atoms with E-state index in [0.717, 1.165) is 17.7 Å². The van der Waals surface area contributed by atoms with Crippen molar-refractivity contribution in [1.82, 2.24) is 9.97 Å². The summed E-state index contributed by atoms with van der Waals surface area (Å²) in [6, 6.07) is 7.72. The monoisotopic (exact) mass is 273 g/mol. The highest BCUT2D eigenvalue weighted by atomic mass is 16.5. The predicted octanol–water partition coefficient (Wildman–Crippen LogP) is 2.11. The third kappa shape index (κ3) is 3.52. The molecule has 6 nitrogen and oxygen atoms in total. The fourth-order valence-electron chi connectivity index (χ4n) is 1.74. The van der Waals surface area contributed by atoms with Crippen LogP contribution in [0.3, 0.4) is 0 Å². The molecule has 0 aliphatic carbocycles. The van der Waals surface area contributed by atoms with Crippen molar-refractivity contribution in [1.29, 1.82) is 0 Å². The standard InChI is InChI=1S/C14H15N3O3/c1-20-7-6-10-4-2-3-5-11(10)16-13-9-15-8-12(17-13)14(18)19/h2-5,8-9H,6-7H2,1H3,(H,16,17)(H,18,19). The minimum absolute atomic E-state index is 0.0932. The Labute approximate surface area is 116 Å². The molecule has 1 heterocycles. The van der Waals surface area contributed by atoms with Crippen molar-refractivity contribution >= 4 is 17.5 Å². The van der Waals surface area contributed by atoms with Crippen LogP contribution in [0.4, 0.5) is 11.5 Å². The first-order chi connectivity index (χ1) is 9.70. The van der Waals surface area contributed by atoms with Gasteiger partial charge in [0.25, 0.3) is 0 Å². The van der Waals surface area contributed by atoms with Crippen LogP contribution >= 0.6 is 0 Å². The number of ether oxygens (including phenoxy) is 1. The third-order valence-corrected chi connectivity index (χ3v) is 2.71. The minimum atomic E-state index is -1.10. The Morgan fingerprint density at radius 3 is 2.90 bits per heavy atom. The van der Waals surface area contributed by atoms with Gasteiger partial charge in [0, 0.05) is 12.8 Å². The van der Waals surface area contributed by atoms with E-state index in [1.165, 1.54) is 12.4 Å². The van der Waals surface area contributed by atoms with E-state index in [9.17, 15) is 4.79 Å². The van der Waals surface area contributed by atoms with Crippen LogP contribution < -0.4 is 5.32 Å². The lowest BCUT2D eigenvalue weighted by molar-refractivity contribution is 0.0690. The summed E-state index contributed by atoms with van der Waals surface area (Å²) in [5.74, 6) is -0.705. The zero-order chi connectivity index (χ0) is 14.4. The number of carboxylic acid groups (broad SMARTS) is 1. The van der Waals surface area contributed by atoms with E-state index in [0.29, 0.717) is 12.4 Å². The average Bonchev–Trinajstić information content (AvgIpc) is 2.46. The van der Waals surface area contributed by atoms with Crippen molar-refractivity contribution in [2.24, 2.45) is 0 Å². The Morgan fingerprint density at radius 2 is 2.15 bits per heavy atom. The quantitative estimate of drug-likeness (QED) is 0.838. The van der Waals surface area contributed by atoms with Crippen LogP contribution in [-0.4, -0.2) is 34.8 Å². The molecule has 0 fully saturated rings. The summed E-state index contributed by atoms with van der Waals surface area (Å²) in [6.07, 6.45) is 3.45. The summed E-state index contributed by atoms with van der Waals surface area (Å²) in [5.41, 5.74) is 1.84. The molecule has 0 atom stereocenters. The van der Waals surface area contributed by atoms with Crippen molar-refractivity contribution in [2.75, 3.05) is 19.0 Å². The lowest BCUT2D eigenvalue weighted by Crippen LogP contribution is -2.05. The zero-order valence-electron chi connectivity index (χ0n) is 11.0. The molecule has 6 heteroatoms. The Kier molecular flexibility index (Phi) is 4.62. The number of para-hydroxylation sites is 1. The second-order valence-corrected chi connectivity index (χ2v) is 4.12. The molecule has 0 aliphatic rings. The fourth-order valence-corrected chi connectivity index (χ4v) is 1.74. The van der Waals surface area contributed by atoms with Crippen LogP contribution in [0, 0.1) is 0 Å². The Morgan fingerprint density at radius 1 is 1.35 bits per heavy atom. The maximum absolute atomic E-state index is 10.9. The molecule has 0 spiro atoms. The number of anilines is 2. The van der Waals surface area contributed by atoms with Gasteiger partial charge in [-0.25, -0.2) is 9.78 Å². The highest BCUT2D eigenvalue weighted by molar-refractivity contribution is 5.85. The molecule has 0 aliphatic heterocycles. The summed E-state index contributed by atoms with van der Waals surface area (Å²) in [4.78, 5) is 18.7. The van der Waals surface area contributed by atoms with Crippen LogP contribution in [0.2, 0.25) is 0 Å². The van der Waals surface area contributed by atoms with Crippen molar-refractivity contribution in [2.45, 2.75) is 6.42 Å². The summed E-state index contributed by atoms with van der Waals surface area (Å²) in [5, 5.41) is 12.0. The molecule has 0 amide bonds. The molecule has 0 saturated carbocycles. The van der Waals surface area contributed by atoms with Gasteiger partial charge < -0.3 is 15.2 Å². The molecule has 2 aromatic rings. The van der Waals surface area contributed by atoms with Crippen LogP contribution in [0.15, 0.2) is 36.7 Å². The lowest BCUT2D eigenvalue weighted by atomic mass is 10.1. The molecule has 0 radical (unpaired) electrons. The number of methoxy groups -OCH3 is 1. The molecule has 104 valence electrons. The van der Waals surface area contributed by atoms with E-state index >= 15 is 0 Å². The fraction of sp³-hybridized carbons (Fsp3) is 0.214. The van der Waals surface area contributed by atoms with Gasteiger partial charge in [-0.15, -0.1) is 0 Å². The first-order valence-corrected chi connectivity index (χ1v) is 6.10. The first-order valence-electron chi connectivity index (χ1n) is 6.10. The van der Waals surface area contributed by atoms with Gasteiger partial charge in [0.2, 0.25) is 0 Å². The molecular formula is C14H15N3O3. The van der Waals surface area contributed by atoms with Crippen molar-refractivity contribution in [3.05, 3.63) is 47.9 Å². The van der Waals surface area contributed by atoms with E-state index in [4.69, 9.17) is 9.84 Å². The highest BCUT2D eigenvalue weighted by Crippen LogP contribution is 2.19. The number of carbonyl (C=O) groups is 1. The molecule has 1 aromatic heterocycles. The van der Waals surface area contributed by atoms with Gasteiger partial charge in [-0.3, -0.25) is 4.98 Å². The van der Waals surface area contributed by atoms with Crippen LogP contribution in [0.25, 0.3) is 0 Å². The normalized spacial score (nSPS) is 10.2. The topological polar surface area (TPSA) is 84.3 Å². The Bertz CT molecular complexity index is 602. The molecule has 0 unspecified atom stereocenters. The molecule has 0 bridgehead atoms. The molecule has 20 heavy (non-hydrogen) atoms. The third-order valence-electron chi connectivity index (χ3n) is 2.71.